The molecular formula is C34H32O2P2. The standard InChI is InChI=1S/C34H32O2P2/c1-35-31-21-11-13-23-33(31)37(29-17-5-3-6-18-29)25-27-15-9-10-16-28(27)26-38(30-19-7-4-8-20-30)34-24-14-12-22-32(34)36-2/h3-24H,25-26H2,1-2H3. The summed E-state index contributed by atoms with van der Waals surface area (Å²) in [4.78, 5) is 0. The molecule has 2 unspecified atom stereocenters. The molecule has 5 rings (SSSR count). The number of rotatable bonds is 10. The van der Waals surface area contributed by atoms with Crippen molar-refractivity contribution in [2.45, 2.75) is 12.3 Å². The van der Waals surface area contributed by atoms with Crippen LogP contribution in [0.5, 0.6) is 11.5 Å². The summed E-state index contributed by atoms with van der Waals surface area (Å²) in [7, 11) is 2.23. The van der Waals surface area contributed by atoms with E-state index in [1.54, 1.807) is 14.2 Å². The van der Waals surface area contributed by atoms with Gasteiger partial charge in [-0.05, 0) is 49.7 Å². The van der Waals surface area contributed by atoms with Gasteiger partial charge >= 0.3 is 0 Å². The normalized spacial score (nSPS) is 12.5. The zero-order chi connectivity index (χ0) is 26.2. The Morgan fingerprint density at radius 2 is 0.763 bits per heavy atom. The van der Waals surface area contributed by atoms with E-state index >= 15 is 0 Å². The van der Waals surface area contributed by atoms with Gasteiger partial charge in [-0.25, -0.2) is 0 Å². The van der Waals surface area contributed by atoms with Gasteiger partial charge in [0.25, 0.3) is 0 Å². The first-order valence-electron chi connectivity index (χ1n) is 12.8. The molecule has 0 amide bonds. The van der Waals surface area contributed by atoms with Crippen LogP contribution in [0.3, 0.4) is 0 Å². The Balaban J connectivity index is 1.56. The second kappa shape index (κ2) is 12.9. The van der Waals surface area contributed by atoms with E-state index in [9.17, 15) is 0 Å². The Morgan fingerprint density at radius 1 is 0.421 bits per heavy atom. The fourth-order valence-corrected chi connectivity index (χ4v) is 9.78. The molecule has 0 saturated carbocycles. The monoisotopic (exact) mass is 534 g/mol. The number of benzene rings is 5. The maximum atomic E-state index is 5.83. The number of ether oxygens (including phenoxy) is 2. The summed E-state index contributed by atoms with van der Waals surface area (Å²) in [5.74, 6) is 1.92. The van der Waals surface area contributed by atoms with Crippen molar-refractivity contribution in [3.63, 3.8) is 0 Å². The van der Waals surface area contributed by atoms with Crippen LogP contribution in [0.2, 0.25) is 0 Å². The third-order valence-corrected chi connectivity index (χ3v) is 11.7. The van der Waals surface area contributed by atoms with Crippen molar-refractivity contribution in [1.82, 2.24) is 0 Å². The highest BCUT2D eigenvalue weighted by atomic mass is 31.1. The SMILES string of the molecule is COc1ccccc1P(Cc1ccccc1CP(c1ccccc1)c1ccccc1OC)c1ccccc1. The third-order valence-electron chi connectivity index (χ3n) is 6.66. The van der Waals surface area contributed by atoms with Crippen LogP contribution in [0.15, 0.2) is 133 Å². The van der Waals surface area contributed by atoms with Gasteiger partial charge in [-0.2, -0.15) is 0 Å². The van der Waals surface area contributed by atoms with Crippen LogP contribution in [0, 0.1) is 0 Å². The molecule has 0 aromatic heterocycles. The molecule has 190 valence electrons. The Hall–Kier alpha value is -3.44. The van der Waals surface area contributed by atoms with E-state index in [2.05, 4.69) is 133 Å². The van der Waals surface area contributed by atoms with Gasteiger partial charge in [0.2, 0.25) is 0 Å². The third kappa shape index (κ3) is 5.99. The minimum Gasteiger partial charge on any atom is -0.496 e. The van der Waals surface area contributed by atoms with Crippen molar-refractivity contribution >= 4 is 37.1 Å². The van der Waals surface area contributed by atoms with Crippen LogP contribution in [-0.4, -0.2) is 14.2 Å². The predicted octanol–water partition coefficient (Wildman–Crippen LogP) is 6.97. The molecule has 0 aliphatic rings. The van der Waals surface area contributed by atoms with Crippen LogP contribution >= 0.6 is 15.8 Å². The van der Waals surface area contributed by atoms with E-state index < -0.39 is 15.8 Å². The van der Waals surface area contributed by atoms with Crippen molar-refractivity contribution in [2.24, 2.45) is 0 Å². The van der Waals surface area contributed by atoms with Crippen molar-refractivity contribution in [3.8, 4) is 11.5 Å². The number of hydrogen-bond acceptors (Lipinski definition) is 2. The lowest BCUT2D eigenvalue weighted by Crippen LogP contribution is -2.17. The van der Waals surface area contributed by atoms with Crippen molar-refractivity contribution in [3.05, 3.63) is 145 Å². The van der Waals surface area contributed by atoms with Crippen LogP contribution in [0.4, 0.5) is 0 Å². The summed E-state index contributed by atoms with van der Waals surface area (Å²) >= 11 is 0. The molecule has 0 fully saturated rings. The molecule has 2 atom stereocenters. The summed E-state index contributed by atoms with van der Waals surface area (Å²) in [6.45, 7) is 0. The first kappa shape index (κ1) is 26.2. The molecule has 0 radical (unpaired) electrons. The molecule has 0 heterocycles. The van der Waals surface area contributed by atoms with Gasteiger partial charge in [-0.1, -0.05) is 121 Å². The maximum Gasteiger partial charge on any atom is 0.126 e. The van der Waals surface area contributed by atoms with Gasteiger partial charge in [0.05, 0.1) is 14.2 Å². The minimum absolute atomic E-state index is 0.655. The zero-order valence-corrected chi connectivity index (χ0v) is 23.6. The maximum absolute atomic E-state index is 5.83. The fraction of sp³-hybridized carbons (Fsp3) is 0.118. The van der Waals surface area contributed by atoms with Gasteiger partial charge in [0.1, 0.15) is 11.5 Å². The topological polar surface area (TPSA) is 18.5 Å². The molecule has 0 aliphatic carbocycles. The van der Waals surface area contributed by atoms with Crippen LogP contribution in [0.25, 0.3) is 0 Å². The molecule has 4 heteroatoms. The van der Waals surface area contributed by atoms with Gasteiger partial charge in [-0.15, -0.1) is 0 Å². The average Bonchev–Trinajstić information content (AvgIpc) is 3.00. The lowest BCUT2D eigenvalue weighted by atomic mass is 10.1. The van der Waals surface area contributed by atoms with Crippen LogP contribution in [0.1, 0.15) is 11.1 Å². The van der Waals surface area contributed by atoms with Crippen molar-refractivity contribution < 1.29 is 9.47 Å². The molecule has 0 spiro atoms. The average molecular weight is 535 g/mol. The van der Waals surface area contributed by atoms with E-state index in [1.807, 2.05) is 0 Å². The van der Waals surface area contributed by atoms with E-state index in [1.165, 1.54) is 32.3 Å². The fourth-order valence-electron chi connectivity index (χ4n) is 4.76. The Kier molecular flexibility index (Phi) is 8.87. The van der Waals surface area contributed by atoms with E-state index in [-0.39, 0.29) is 0 Å². The van der Waals surface area contributed by atoms with Gasteiger partial charge in [0, 0.05) is 22.9 Å². The van der Waals surface area contributed by atoms with Gasteiger partial charge in [0.15, 0.2) is 0 Å². The first-order valence-corrected chi connectivity index (χ1v) is 15.8. The Bertz CT molecular complexity index is 1340. The lowest BCUT2D eigenvalue weighted by Gasteiger charge is -2.25. The van der Waals surface area contributed by atoms with Crippen molar-refractivity contribution in [1.29, 1.82) is 0 Å². The smallest absolute Gasteiger partial charge is 0.126 e. The largest absolute Gasteiger partial charge is 0.496 e. The summed E-state index contributed by atoms with van der Waals surface area (Å²) in [5.41, 5.74) is 2.79. The van der Waals surface area contributed by atoms with Gasteiger partial charge in [-0.3, -0.25) is 0 Å². The Morgan fingerprint density at radius 3 is 1.16 bits per heavy atom. The number of hydrogen-bond donors (Lipinski definition) is 0. The molecule has 5 aromatic rings. The van der Waals surface area contributed by atoms with E-state index in [4.69, 9.17) is 9.47 Å². The summed E-state index contributed by atoms with van der Waals surface area (Å²) in [6, 6.07) is 47.7. The quantitative estimate of drug-likeness (QED) is 0.180. The molecule has 0 bridgehead atoms. The highest BCUT2D eigenvalue weighted by molar-refractivity contribution is 7.73. The molecule has 5 aromatic carbocycles. The molecule has 38 heavy (non-hydrogen) atoms. The molecule has 0 saturated heterocycles. The molecule has 2 nitrogen and oxygen atoms in total. The summed E-state index contributed by atoms with van der Waals surface area (Å²) < 4.78 is 11.7. The van der Waals surface area contributed by atoms with E-state index in [0.717, 1.165) is 23.8 Å². The Labute approximate surface area is 228 Å². The van der Waals surface area contributed by atoms with Crippen LogP contribution < -0.4 is 30.7 Å². The minimum atomic E-state index is -0.655. The van der Waals surface area contributed by atoms with Crippen LogP contribution in [-0.2, 0) is 12.3 Å². The lowest BCUT2D eigenvalue weighted by molar-refractivity contribution is 0.418. The first-order chi connectivity index (χ1) is 18.8. The molecular weight excluding hydrogens is 502 g/mol. The molecule has 0 aliphatic heterocycles. The highest BCUT2D eigenvalue weighted by Gasteiger charge is 2.23. The van der Waals surface area contributed by atoms with Crippen molar-refractivity contribution in [2.75, 3.05) is 14.2 Å². The number of methoxy groups -OCH3 is 2. The predicted molar refractivity (Wildman–Crippen MR) is 165 cm³/mol. The molecule has 0 N–H and O–H groups in total. The zero-order valence-electron chi connectivity index (χ0n) is 21.8. The number of para-hydroxylation sites is 2. The second-order valence-corrected chi connectivity index (χ2v) is 13.3. The summed E-state index contributed by atoms with van der Waals surface area (Å²) in [5, 5.41) is 5.27. The van der Waals surface area contributed by atoms with E-state index in [0.29, 0.717) is 0 Å². The summed E-state index contributed by atoms with van der Waals surface area (Å²) in [6.07, 6.45) is 1.92. The van der Waals surface area contributed by atoms with Gasteiger partial charge < -0.3 is 9.47 Å². The second-order valence-electron chi connectivity index (χ2n) is 8.96. The highest BCUT2D eigenvalue weighted by Crippen LogP contribution is 2.45.